The number of nitro groups is 1. The second-order valence-corrected chi connectivity index (χ2v) is 4.58. The molecule has 0 aliphatic heterocycles. The van der Waals surface area contributed by atoms with Crippen LogP contribution in [0.2, 0.25) is 0 Å². The molecule has 6 nitrogen and oxygen atoms in total. The van der Waals surface area contributed by atoms with Gasteiger partial charge in [0, 0.05) is 0 Å². The summed E-state index contributed by atoms with van der Waals surface area (Å²) in [6, 6.07) is 7.32. The van der Waals surface area contributed by atoms with Crippen LogP contribution >= 0.6 is 15.9 Å². The molecule has 0 spiro atoms. The maximum Gasteiger partial charge on any atom is 0.404 e. The first kappa shape index (κ1) is 12.7. The minimum atomic E-state index is -0.532. The molecule has 2 aromatic rings. The Kier molecular flexibility index (Phi) is 3.73. The number of rotatable bonds is 4. The van der Waals surface area contributed by atoms with E-state index in [1.165, 1.54) is 4.68 Å². The zero-order valence-electron chi connectivity index (χ0n) is 9.28. The molecule has 1 heterocycles. The van der Waals surface area contributed by atoms with Crippen LogP contribution in [-0.4, -0.2) is 19.8 Å². The Morgan fingerprint density at radius 2 is 1.94 bits per heavy atom. The number of nitrogens with zero attached hydrogens (tertiary/aromatic N) is 3. The lowest BCUT2D eigenvalue weighted by atomic mass is 10.1. The van der Waals surface area contributed by atoms with Gasteiger partial charge in [0.05, 0.1) is 24.4 Å². The van der Waals surface area contributed by atoms with Gasteiger partial charge in [0.1, 0.15) is 4.47 Å². The molecule has 7 heteroatoms. The van der Waals surface area contributed by atoms with Crippen LogP contribution in [0.15, 0.2) is 34.9 Å². The fourth-order valence-corrected chi connectivity index (χ4v) is 1.99. The second kappa shape index (κ2) is 5.28. The second-order valence-electron chi connectivity index (χ2n) is 3.73. The lowest BCUT2D eigenvalue weighted by Crippen LogP contribution is -2.01. The largest absolute Gasteiger partial charge is 0.404 e. The first-order valence-electron chi connectivity index (χ1n) is 5.16. The van der Waals surface area contributed by atoms with E-state index in [1.54, 1.807) is 6.20 Å². The SMILES string of the molecule is O=[N+]([O-])c1nn(Cc2ccc(CO)cc2)cc1Br. The van der Waals surface area contributed by atoms with E-state index in [9.17, 15) is 10.1 Å². The summed E-state index contributed by atoms with van der Waals surface area (Å²) in [4.78, 5) is 10.1. The average molecular weight is 312 g/mol. The van der Waals surface area contributed by atoms with E-state index in [0.29, 0.717) is 11.0 Å². The topological polar surface area (TPSA) is 81.2 Å². The van der Waals surface area contributed by atoms with Crippen molar-refractivity contribution in [1.82, 2.24) is 9.78 Å². The van der Waals surface area contributed by atoms with Crippen LogP contribution in [0, 0.1) is 10.1 Å². The molecule has 0 atom stereocenters. The normalized spacial score (nSPS) is 10.6. The predicted octanol–water partition coefficient (Wildman–Crippen LogP) is 2.09. The Balaban J connectivity index is 2.18. The molecular weight excluding hydrogens is 302 g/mol. The molecular formula is C11H10BrN3O3. The van der Waals surface area contributed by atoms with Crippen molar-refractivity contribution in [2.24, 2.45) is 0 Å². The Morgan fingerprint density at radius 3 is 2.44 bits per heavy atom. The molecule has 1 aromatic heterocycles. The molecule has 1 aromatic carbocycles. The summed E-state index contributed by atoms with van der Waals surface area (Å²) in [5, 5.41) is 23.4. The van der Waals surface area contributed by atoms with Crippen LogP contribution in [-0.2, 0) is 13.2 Å². The van der Waals surface area contributed by atoms with E-state index in [4.69, 9.17) is 5.11 Å². The van der Waals surface area contributed by atoms with Crippen LogP contribution in [0.5, 0.6) is 0 Å². The number of aliphatic hydroxyl groups excluding tert-OH is 1. The van der Waals surface area contributed by atoms with E-state index >= 15 is 0 Å². The van der Waals surface area contributed by atoms with Gasteiger partial charge in [0.2, 0.25) is 0 Å². The monoisotopic (exact) mass is 311 g/mol. The summed E-state index contributed by atoms with van der Waals surface area (Å²) < 4.78 is 1.86. The summed E-state index contributed by atoms with van der Waals surface area (Å²) in [5.74, 6) is -0.193. The highest BCUT2D eigenvalue weighted by molar-refractivity contribution is 9.10. The molecule has 2 rings (SSSR count). The molecule has 94 valence electrons. The number of benzene rings is 1. The van der Waals surface area contributed by atoms with Crippen molar-refractivity contribution in [2.75, 3.05) is 0 Å². The smallest absolute Gasteiger partial charge is 0.392 e. The van der Waals surface area contributed by atoms with E-state index in [0.717, 1.165) is 11.1 Å². The van der Waals surface area contributed by atoms with Crippen LogP contribution in [0.1, 0.15) is 11.1 Å². The zero-order chi connectivity index (χ0) is 13.1. The molecule has 0 fully saturated rings. The van der Waals surface area contributed by atoms with E-state index in [1.807, 2.05) is 24.3 Å². The molecule has 0 aliphatic carbocycles. The standard InChI is InChI=1S/C11H10BrN3O3/c12-10-6-14(13-11(10)15(17)18)5-8-1-3-9(7-16)4-2-8/h1-4,6,16H,5,7H2. The van der Waals surface area contributed by atoms with E-state index in [-0.39, 0.29) is 12.4 Å². The third-order valence-electron chi connectivity index (χ3n) is 2.42. The Bertz CT molecular complexity index is 565. The van der Waals surface area contributed by atoms with Gasteiger partial charge < -0.3 is 15.2 Å². The van der Waals surface area contributed by atoms with Gasteiger partial charge in [-0.05, 0) is 32.0 Å². The number of hydrogen-bond donors (Lipinski definition) is 1. The molecule has 18 heavy (non-hydrogen) atoms. The van der Waals surface area contributed by atoms with Crippen molar-refractivity contribution in [1.29, 1.82) is 0 Å². The molecule has 1 N–H and O–H groups in total. The minimum absolute atomic E-state index is 0.000923. The fourth-order valence-electron chi connectivity index (χ4n) is 1.53. The third-order valence-corrected chi connectivity index (χ3v) is 2.98. The highest BCUT2D eigenvalue weighted by atomic mass is 79.9. The van der Waals surface area contributed by atoms with Gasteiger partial charge in [-0.25, -0.2) is 0 Å². The quantitative estimate of drug-likeness (QED) is 0.692. The van der Waals surface area contributed by atoms with Crippen LogP contribution in [0.4, 0.5) is 5.82 Å². The summed E-state index contributed by atoms with van der Waals surface area (Å²) in [6.07, 6.45) is 1.57. The van der Waals surface area contributed by atoms with E-state index in [2.05, 4.69) is 21.0 Å². The van der Waals surface area contributed by atoms with Crippen LogP contribution in [0.3, 0.4) is 0 Å². The maximum absolute atomic E-state index is 10.6. The Hall–Kier alpha value is -1.73. The number of hydrogen-bond acceptors (Lipinski definition) is 4. The van der Waals surface area contributed by atoms with E-state index < -0.39 is 4.92 Å². The van der Waals surface area contributed by atoms with Gasteiger partial charge in [-0.1, -0.05) is 24.3 Å². The Labute approximate surface area is 111 Å². The van der Waals surface area contributed by atoms with Gasteiger partial charge in [-0.2, -0.15) is 4.68 Å². The van der Waals surface area contributed by atoms with Crippen molar-refractivity contribution in [2.45, 2.75) is 13.2 Å². The van der Waals surface area contributed by atoms with Crippen molar-refractivity contribution < 1.29 is 10.0 Å². The summed E-state index contributed by atoms with van der Waals surface area (Å²) in [6.45, 7) is 0.442. The van der Waals surface area contributed by atoms with Crippen molar-refractivity contribution in [3.63, 3.8) is 0 Å². The molecule has 0 aliphatic rings. The number of aromatic nitrogens is 2. The Morgan fingerprint density at radius 1 is 1.33 bits per heavy atom. The molecule has 0 radical (unpaired) electrons. The molecule has 0 saturated heterocycles. The average Bonchev–Trinajstić information content (AvgIpc) is 2.71. The minimum Gasteiger partial charge on any atom is -0.392 e. The lowest BCUT2D eigenvalue weighted by molar-refractivity contribution is -0.390. The summed E-state index contributed by atoms with van der Waals surface area (Å²) in [7, 11) is 0. The molecule has 0 amide bonds. The van der Waals surface area contributed by atoms with Gasteiger partial charge in [-0.15, -0.1) is 0 Å². The molecule has 0 unspecified atom stereocenters. The summed E-state index contributed by atoms with van der Waals surface area (Å²) in [5.41, 5.74) is 1.78. The van der Waals surface area contributed by atoms with Crippen molar-refractivity contribution in [3.8, 4) is 0 Å². The predicted molar refractivity (Wildman–Crippen MR) is 68.0 cm³/mol. The highest BCUT2D eigenvalue weighted by Crippen LogP contribution is 2.22. The van der Waals surface area contributed by atoms with Gasteiger partial charge in [0.15, 0.2) is 0 Å². The maximum atomic E-state index is 10.6. The molecule has 0 saturated carbocycles. The highest BCUT2D eigenvalue weighted by Gasteiger charge is 2.18. The van der Waals surface area contributed by atoms with Crippen molar-refractivity contribution in [3.05, 3.63) is 56.2 Å². The van der Waals surface area contributed by atoms with Gasteiger partial charge in [0.25, 0.3) is 0 Å². The summed E-state index contributed by atoms with van der Waals surface area (Å²) >= 11 is 3.10. The van der Waals surface area contributed by atoms with Crippen molar-refractivity contribution >= 4 is 21.7 Å². The zero-order valence-corrected chi connectivity index (χ0v) is 10.9. The molecule has 0 bridgehead atoms. The number of aliphatic hydroxyl groups is 1. The first-order chi connectivity index (χ1) is 8.60. The number of halogens is 1. The lowest BCUT2D eigenvalue weighted by Gasteiger charge is -2.00. The fraction of sp³-hybridized carbons (Fsp3) is 0.182. The first-order valence-corrected chi connectivity index (χ1v) is 5.95. The van der Waals surface area contributed by atoms with Gasteiger partial charge >= 0.3 is 5.82 Å². The van der Waals surface area contributed by atoms with Gasteiger partial charge in [-0.3, -0.25) is 0 Å². The van der Waals surface area contributed by atoms with Crippen LogP contribution < -0.4 is 0 Å². The third kappa shape index (κ3) is 2.74. The van der Waals surface area contributed by atoms with Crippen LogP contribution in [0.25, 0.3) is 0 Å².